The fraction of sp³-hybridized carbons (Fsp3) is 0.524. The van der Waals surface area contributed by atoms with Crippen LogP contribution in [0.5, 0.6) is 5.75 Å². The molecule has 31 nitrogen and oxygen atoms in total. The lowest BCUT2D eigenvalue weighted by molar-refractivity contribution is -0.148. The molecule has 624 valence electrons. The molecule has 6 aliphatic rings. The average molecular weight is 1600 g/mol. The van der Waals surface area contributed by atoms with Crippen molar-refractivity contribution < 1.29 is 81.2 Å². The van der Waals surface area contributed by atoms with Crippen LogP contribution in [-0.2, 0) is 24.0 Å². The molecule has 6 fully saturated rings. The Labute approximate surface area is 672 Å². The fourth-order valence-corrected chi connectivity index (χ4v) is 15.3. The standard InChI is InChI=1S/C17H23N3O4.C17H21N3O3.2C17H23N3O3.C16H20FN3O3/c1-17(2,16(21)22)11-19-6-8-20(9-7-19)15-13-10-12(23-3)4-5-14(13)24-18-15;1-12-2-3-14-13(10-12)15(18-23-14)20-8-6-19(7-9-20)11-17(4-5-17)16(21)22;1-12-4-5-14-13(10-12)15(18-23-14)20-8-6-19(7-9-20)11-17(2,3)16(21)22;1-12-4-5-13-14(10-12)23-18-15(13)20-8-6-19(7-9-20)11-17(2,3)16(21)22;1-16(2,15(21)22)10-19-5-7-20(8-6-19)14-12-9-11(17)3-4-13(12)23-18-14/h4-5,10H,6-9,11H2,1-3H3,(H,21,22);2-3,10H,4-9,11H2,1H3,(H,21,22);2*4-5,10H,6-9,11H2,1-3H3,(H,21,22);3-4,9H,5-8,10H2,1-2H3,(H,21,22). The first-order valence-electron chi connectivity index (χ1n) is 39.7. The molecule has 5 saturated heterocycles. The highest BCUT2D eigenvalue weighted by molar-refractivity contribution is 5.93. The molecule has 5 aromatic heterocycles. The number of aromatic nitrogens is 5. The van der Waals surface area contributed by atoms with Gasteiger partial charge in [0, 0.05) is 164 Å². The molecule has 0 radical (unpaired) electrons. The molecule has 10 aromatic rings. The molecule has 116 heavy (non-hydrogen) atoms. The van der Waals surface area contributed by atoms with Gasteiger partial charge < -0.3 is 77.4 Å². The Hall–Kier alpha value is -10.7. The molecular weight excluding hydrogens is 1490 g/mol. The summed E-state index contributed by atoms with van der Waals surface area (Å²) >= 11 is 0. The van der Waals surface area contributed by atoms with Gasteiger partial charge in [-0.25, -0.2) is 4.39 Å². The van der Waals surface area contributed by atoms with Crippen molar-refractivity contribution in [1.82, 2.24) is 50.3 Å². The first-order valence-corrected chi connectivity index (χ1v) is 39.7. The van der Waals surface area contributed by atoms with E-state index in [2.05, 4.69) is 113 Å². The van der Waals surface area contributed by atoms with E-state index < -0.39 is 56.9 Å². The summed E-state index contributed by atoms with van der Waals surface area (Å²) in [5.74, 6) is 0.905. The van der Waals surface area contributed by atoms with E-state index in [0.29, 0.717) is 62.6 Å². The Bertz CT molecular complexity index is 4800. The minimum atomic E-state index is -0.794. The summed E-state index contributed by atoms with van der Waals surface area (Å²) in [5.41, 5.74) is 3.84. The van der Waals surface area contributed by atoms with Crippen LogP contribution >= 0.6 is 0 Å². The summed E-state index contributed by atoms with van der Waals surface area (Å²) in [6.07, 6.45) is 1.63. The molecule has 5 aliphatic heterocycles. The number of carboxylic acid groups (broad SMARTS) is 5. The number of piperazine rings is 5. The van der Waals surface area contributed by atoms with Gasteiger partial charge in [-0.2, -0.15) is 0 Å². The first kappa shape index (κ1) is 84.7. The first-order chi connectivity index (χ1) is 55.1. The van der Waals surface area contributed by atoms with Gasteiger partial charge in [-0.1, -0.05) is 55.1 Å². The van der Waals surface area contributed by atoms with Crippen LogP contribution in [-0.4, -0.2) is 276 Å². The monoisotopic (exact) mass is 1600 g/mol. The number of carbonyl (C=O) groups is 5. The maximum Gasteiger partial charge on any atom is 0.310 e. The number of methoxy groups -OCH3 is 1. The Balaban J connectivity index is 0.000000134. The van der Waals surface area contributed by atoms with Crippen LogP contribution < -0.4 is 29.2 Å². The van der Waals surface area contributed by atoms with E-state index in [-0.39, 0.29) is 5.82 Å². The number of halogens is 1. The van der Waals surface area contributed by atoms with Crippen molar-refractivity contribution in [3.8, 4) is 5.75 Å². The normalized spacial score (nSPS) is 17.6. The van der Waals surface area contributed by atoms with Gasteiger partial charge in [0.2, 0.25) is 0 Å². The van der Waals surface area contributed by atoms with Crippen molar-refractivity contribution >= 4 is 114 Å². The summed E-state index contributed by atoms with van der Waals surface area (Å²) in [6.45, 7) is 39.2. The third kappa shape index (κ3) is 20.2. The van der Waals surface area contributed by atoms with Crippen LogP contribution in [0.25, 0.3) is 54.8 Å². The highest BCUT2D eigenvalue weighted by atomic mass is 19.1. The van der Waals surface area contributed by atoms with Crippen molar-refractivity contribution in [2.75, 3.05) is 195 Å². The molecule has 0 spiro atoms. The van der Waals surface area contributed by atoms with Crippen molar-refractivity contribution in [1.29, 1.82) is 0 Å². The van der Waals surface area contributed by atoms with Gasteiger partial charge in [0.25, 0.3) is 0 Å². The summed E-state index contributed by atoms with van der Waals surface area (Å²) in [5, 5.41) is 72.0. The summed E-state index contributed by atoms with van der Waals surface area (Å²) in [7, 11) is 1.64. The van der Waals surface area contributed by atoms with E-state index in [4.69, 9.17) is 27.4 Å². The largest absolute Gasteiger partial charge is 0.497 e. The number of nitrogens with zero attached hydrogens (tertiary/aromatic N) is 15. The quantitative estimate of drug-likeness (QED) is 0.0446. The predicted molar refractivity (Wildman–Crippen MR) is 439 cm³/mol. The van der Waals surface area contributed by atoms with E-state index in [9.17, 15) is 53.9 Å². The molecule has 32 heteroatoms. The van der Waals surface area contributed by atoms with Crippen molar-refractivity contribution in [3.05, 3.63) is 114 Å². The molecule has 10 heterocycles. The van der Waals surface area contributed by atoms with Crippen LogP contribution in [0.15, 0.2) is 114 Å². The van der Waals surface area contributed by atoms with Gasteiger partial charge in [-0.3, -0.25) is 48.5 Å². The molecule has 1 saturated carbocycles. The van der Waals surface area contributed by atoms with Crippen molar-refractivity contribution in [3.63, 3.8) is 0 Å². The van der Waals surface area contributed by atoms with Gasteiger partial charge >= 0.3 is 29.8 Å². The van der Waals surface area contributed by atoms with Crippen LogP contribution in [0, 0.1) is 53.7 Å². The Kier molecular flexibility index (Phi) is 25.9. The molecule has 0 atom stereocenters. The lowest BCUT2D eigenvalue weighted by Crippen LogP contribution is -2.50. The van der Waals surface area contributed by atoms with E-state index in [1.807, 2.05) is 55.5 Å². The Morgan fingerprint density at radius 1 is 0.362 bits per heavy atom. The maximum atomic E-state index is 13.4. The van der Waals surface area contributed by atoms with Crippen molar-refractivity contribution in [2.24, 2.45) is 27.1 Å². The number of aliphatic carboxylic acids is 5. The van der Waals surface area contributed by atoms with Gasteiger partial charge in [0.1, 0.15) is 11.6 Å². The van der Waals surface area contributed by atoms with Gasteiger partial charge in [0.15, 0.2) is 57.0 Å². The second kappa shape index (κ2) is 35.4. The third-order valence-electron chi connectivity index (χ3n) is 22.9. The number of fused-ring (bicyclic) bond motifs is 5. The van der Waals surface area contributed by atoms with Gasteiger partial charge in [-0.15, -0.1) is 0 Å². The number of carboxylic acids is 5. The topological polar surface area (TPSA) is 358 Å². The summed E-state index contributed by atoms with van der Waals surface area (Å²) in [6, 6.07) is 28.3. The number of benzene rings is 5. The molecule has 5 N–H and O–H groups in total. The predicted octanol–water partition coefficient (Wildman–Crippen LogP) is 11.1. The van der Waals surface area contributed by atoms with Crippen molar-refractivity contribution in [2.45, 2.75) is 89.0 Å². The number of hydrogen-bond acceptors (Lipinski definition) is 26. The fourth-order valence-electron chi connectivity index (χ4n) is 15.3. The zero-order valence-electron chi connectivity index (χ0n) is 68.6. The summed E-state index contributed by atoms with van der Waals surface area (Å²) < 4.78 is 45.6. The minimum Gasteiger partial charge on any atom is -0.497 e. The number of rotatable bonds is 21. The zero-order valence-corrected chi connectivity index (χ0v) is 68.6. The summed E-state index contributed by atoms with van der Waals surface area (Å²) in [4.78, 5) is 78.3. The van der Waals surface area contributed by atoms with E-state index in [1.165, 1.54) is 23.3 Å². The molecule has 5 aromatic carbocycles. The van der Waals surface area contributed by atoms with Gasteiger partial charge in [0.05, 0.1) is 61.1 Å². The average Bonchev–Trinajstić information content (AvgIpc) is 1.64. The molecular formula is C84H110FN15O16. The lowest BCUT2D eigenvalue weighted by atomic mass is 9.93. The zero-order chi connectivity index (χ0) is 83.2. The Morgan fingerprint density at radius 2 is 0.638 bits per heavy atom. The lowest BCUT2D eigenvalue weighted by Gasteiger charge is -2.37. The second-order valence-corrected chi connectivity index (χ2v) is 34.2. The van der Waals surface area contributed by atoms with Crippen LogP contribution in [0.4, 0.5) is 33.5 Å². The number of hydrogen-bond donors (Lipinski definition) is 5. The van der Waals surface area contributed by atoms with E-state index in [0.717, 1.165) is 209 Å². The molecule has 0 amide bonds. The minimum absolute atomic E-state index is 0.316. The number of anilines is 5. The molecule has 0 bridgehead atoms. The van der Waals surface area contributed by atoms with Crippen LogP contribution in [0.1, 0.15) is 84.9 Å². The number of aryl methyl sites for hydroxylation is 3. The highest BCUT2D eigenvalue weighted by Crippen LogP contribution is 2.47. The van der Waals surface area contributed by atoms with Crippen LogP contribution in [0.2, 0.25) is 0 Å². The Morgan fingerprint density at radius 3 is 0.957 bits per heavy atom. The molecule has 16 rings (SSSR count). The smallest absolute Gasteiger partial charge is 0.310 e. The SMILES string of the molecule is CC(C)(CN1CCN(c2noc3ccc(F)cc23)CC1)C(=O)O.COc1ccc2onc(N3CCN(CC(C)(C)C(=O)O)CC3)c2c1.Cc1ccc2c(N3CCN(CC(C)(C)C(=O)O)CC3)noc2c1.Cc1ccc2onc(N3CCN(CC(C)(C)C(=O)O)CC3)c2c1.Cc1ccc2onc(N3CCN(CC4(C(=O)O)CC4)CC3)c2c1. The van der Waals surface area contributed by atoms with Crippen LogP contribution in [0.3, 0.4) is 0 Å². The van der Waals surface area contributed by atoms with Gasteiger partial charge in [-0.05, 0) is 167 Å². The molecule has 0 unspecified atom stereocenters. The molecule has 1 aliphatic carbocycles. The third-order valence-corrected chi connectivity index (χ3v) is 22.9. The highest BCUT2D eigenvalue weighted by Gasteiger charge is 2.51. The second-order valence-electron chi connectivity index (χ2n) is 34.2. The maximum absolute atomic E-state index is 13.4. The van der Waals surface area contributed by atoms with E-state index in [1.54, 1.807) is 68.6 Å². The number of ether oxygens (including phenoxy) is 1. The van der Waals surface area contributed by atoms with E-state index >= 15 is 0 Å².